The molecule has 2 atom stereocenters. The molecule has 1 aromatic rings. The fraction of sp³-hybridized carbons (Fsp3) is 0.571. The van der Waals surface area contributed by atoms with Crippen LogP contribution in [0.5, 0.6) is 0 Å². The molecule has 5 heteroatoms. The number of nitrogens with zero attached hydrogens (tertiary/aromatic N) is 1. The molecule has 0 aliphatic heterocycles. The third-order valence-electron chi connectivity index (χ3n) is 3.33. The normalized spacial score (nSPS) is 13.7. The number of amides is 1. The van der Waals surface area contributed by atoms with E-state index < -0.39 is 11.7 Å². The summed E-state index contributed by atoms with van der Waals surface area (Å²) in [5.74, 6) is -0.529. The summed E-state index contributed by atoms with van der Waals surface area (Å²) in [5, 5.41) is 5.61. The van der Waals surface area contributed by atoms with E-state index in [0.29, 0.717) is 12.5 Å². The smallest absolute Gasteiger partial charge is 0.254 e. The van der Waals surface area contributed by atoms with E-state index in [1.165, 1.54) is 12.3 Å². The molecule has 106 valence electrons. The number of rotatable bonds is 6. The zero-order valence-electron chi connectivity index (χ0n) is 12.0. The molecule has 2 unspecified atom stereocenters. The first-order valence-corrected chi connectivity index (χ1v) is 6.70. The minimum atomic E-state index is -0.599. The molecule has 0 bridgehead atoms. The maximum Gasteiger partial charge on any atom is 0.254 e. The summed E-state index contributed by atoms with van der Waals surface area (Å²) in [7, 11) is 0. The largest absolute Gasteiger partial charge is 0.368 e. The molecule has 1 amide bonds. The van der Waals surface area contributed by atoms with Crippen molar-refractivity contribution in [2.24, 2.45) is 5.92 Å². The second-order valence-electron chi connectivity index (χ2n) is 4.70. The van der Waals surface area contributed by atoms with Gasteiger partial charge in [-0.25, -0.2) is 9.37 Å². The molecule has 19 heavy (non-hydrogen) atoms. The van der Waals surface area contributed by atoms with Crippen molar-refractivity contribution < 1.29 is 9.18 Å². The Morgan fingerprint density at radius 3 is 2.68 bits per heavy atom. The van der Waals surface area contributed by atoms with Gasteiger partial charge < -0.3 is 10.6 Å². The Labute approximate surface area is 113 Å². The molecular weight excluding hydrogens is 245 g/mol. The quantitative estimate of drug-likeness (QED) is 0.833. The van der Waals surface area contributed by atoms with Crippen molar-refractivity contribution in [1.29, 1.82) is 0 Å². The number of hydrogen-bond acceptors (Lipinski definition) is 3. The van der Waals surface area contributed by atoms with Crippen LogP contribution in [0.3, 0.4) is 0 Å². The van der Waals surface area contributed by atoms with Gasteiger partial charge in [0.25, 0.3) is 5.91 Å². The van der Waals surface area contributed by atoms with Gasteiger partial charge in [0.15, 0.2) is 11.6 Å². The topological polar surface area (TPSA) is 54.0 Å². The van der Waals surface area contributed by atoms with Crippen molar-refractivity contribution in [3.63, 3.8) is 0 Å². The number of nitrogens with one attached hydrogen (secondary N) is 2. The average molecular weight is 267 g/mol. The summed E-state index contributed by atoms with van der Waals surface area (Å²) in [6, 6.07) is 1.40. The van der Waals surface area contributed by atoms with Crippen LogP contribution in [-0.4, -0.2) is 23.5 Å². The van der Waals surface area contributed by atoms with Crippen LogP contribution >= 0.6 is 0 Å². The Morgan fingerprint density at radius 2 is 2.11 bits per heavy atom. The van der Waals surface area contributed by atoms with Crippen LogP contribution in [0.25, 0.3) is 0 Å². The summed E-state index contributed by atoms with van der Waals surface area (Å²) in [6.45, 7) is 8.44. The number of pyridine rings is 1. The molecule has 0 aliphatic carbocycles. The molecule has 4 nitrogen and oxygen atoms in total. The van der Waals surface area contributed by atoms with Gasteiger partial charge >= 0.3 is 0 Å². The van der Waals surface area contributed by atoms with Crippen LogP contribution in [0.4, 0.5) is 10.2 Å². The van der Waals surface area contributed by atoms with Crippen molar-refractivity contribution >= 4 is 11.7 Å². The first-order valence-electron chi connectivity index (χ1n) is 6.70. The van der Waals surface area contributed by atoms with Gasteiger partial charge in [-0.3, -0.25) is 4.79 Å². The highest BCUT2D eigenvalue weighted by molar-refractivity contribution is 5.95. The molecule has 0 aliphatic rings. The lowest BCUT2D eigenvalue weighted by atomic mass is 10.0. The highest BCUT2D eigenvalue weighted by Crippen LogP contribution is 2.15. The zero-order valence-corrected chi connectivity index (χ0v) is 12.0. The predicted molar refractivity (Wildman–Crippen MR) is 74.7 cm³/mol. The van der Waals surface area contributed by atoms with E-state index >= 15 is 0 Å². The molecule has 1 heterocycles. The highest BCUT2D eigenvalue weighted by Gasteiger charge is 2.19. The molecule has 0 fully saturated rings. The van der Waals surface area contributed by atoms with Crippen LogP contribution in [0, 0.1) is 11.7 Å². The van der Waals surface area contributed by atoms with Crippen LogP contribution in [0.2, 0.25) is 0 Å². The number of carbonyl (C=O) groups is 1. The van der Waals surface area contributed by atoms with Gasteiger partial charge in [0.05, 0.1) is 5.56 Å². The van der Waals surface area contributed by atoms with E-state index in [1.807, 2.05) is 13.8 Å². The summed E-state index contributed by atoms with van der Waals surface area (Å²) in [6.07, 6.45) is 2.40. The Hall–Kier alpha value is -1.65. The van der Waals surface area contributed by atoms with Crippen molar-refractivity contribution in [1.82, 2.24) is 10.3 Å². The third kappa shape index (κ3) is 3.91. The number of carbonyl (C=O) groups excluding carboxylic acids is 1. The van der Waals surface area contributed by atoms with Crippen molar-refractivity contribution in [2.75, 3.05) is 11.9 Å². The molecule has 1 rings (SSSR count). The fourth-order valence-corrected chi connectivity index (χ4v) is 1.69. The summed E-state index contributed by atoms with van der Waals surface area (Å²) in [4.78, 5) is 15.9. The minimum absolute atomic E-state index is 0.00708. The van der Waals surface area contributed by atoms with E-state index in [9.17, 15) is 9.18 Å². The SMILES string of the molecule is CCNc1nccc(C(=O)NC(C)C(C)CC)c1F. The van der Waals surface area contributed by atoms with Crippen molar-refractivity contribution in [2.45, 2.75) is 40.2 Å². The summed E-state index contributed by atoms with van der Waals surface area (Å²) >= 11 is 0. The number of halogens is 1. The molecule has 0 saturated carbocycles. The van der Waals surface area contributed by atoms with Gasteiger partial charge in [-0.2, -0.15) is 0 Å². The lowest BCUT2D eigenvalue weighted by Gasteiger charge is -2.20. The summed E-state index contributed by atoms with van der Waals surface area (Å²) in [5.41, 5.74) is 0.0288. The van der Waals surface area contributed by atoms with Crippen molar-refractivity contribution in [3.8, 4) is 0 Å². The first kappa shape index (κ1) is 15.4. The Kier molecular flexibility index (Phi) is 5.73. The maximum atomic E-state index is 14.1. The van der Waals surface area contributed by atoms with E-state index in [2.05, 4.69) is 29.5 Å². The highest BCUT2D eigenvalue weighted by atomic mass is 19.1. The van der Waals surface area contributed by atoms with Crippen LogP contribution in [0.1, 0.15) is 44.5 Å². The molecule has 0 saturated heterocycles. The molecular formula is C14H22FN3O. The van der Waals surface area contributed by atoms with E-state index in [-0.39, 0.29) is 17.4 Å². The second-order valence-corrected chi connectivity index (χ2v) is 4.70. The maximum absolute atomic E-state index is 14.1. The van der Waals surface area contributed by atoms with Crippen LogP contribution in [-0.2, 0) is 0 Å². The van der Waals surface area contributed by atoms with Gasteiger partial charge in [-0.15, -0.1) is 0 Å². The van der Waals surface area contributed by atoms with Gasteiger partial charge in [0.2, 0.25) is 0 Å². The van der Waals surface area contributed by atoms with E-state index in [4.69, 9.17) is 0 Å². The van der Waals surface area contributed by atoms with Gasteiger partial charge in [0.1, 0.15) is 0 Å². The molecule has 1 aromatic heterocycles. The van der Waals surface area contributed by atoms with Gasteiger partial charge in [-0.05, 0) is 25.8 Å². The lowest BCUT2D eigenvalue weighted by Crippen LogP contribution is -2.37. The Morgan fingerprint density at radius 1 is 1.42 bits per heavy atom. The van der Waals surface area contributed by atoms with Crippen LogP contribution in [0.15, 0.2) is 12.3 Å². The van der Waals surface area contributed by atoms with E-state index in [1.54, 1.807) is 0 Å². The van der Waals surface area contributed by atoms with Crippen LogP contribution < -0.4 is 10.6 Å². The van der Waals surface area contributed by atoms with Gasteiger partial charge in [-0.1, -0.05) is 20.3 Å². The number of anilines is 1. The first-order chi connectivity index (χ1) is 9.01. The molecule has 2 N–H and O–H groups in total. The monoisotopic (exact) mass is 267 g/mol. The fourth-order valence-electron chi connectivity index (χ4n) is 1.69. The van der Waals surface area contributed by atoms with E-state index in [0.717, 1.165) is 6.42 Å². The van der Waals surface area contributed by atoms with Crippen molar-refractivity contribution in [3.05, 3.63) is 23.6 Å². The number of aromatic nitrogens is 1. The Balaban J connectivity index is 2.85. The lowest BCUT2D eigenvalue weighted by molar-refractivity contribution is 0.0924. The molecule has 0 radical (unpaired) electrons. The zero-order chi connectivity index (χ0) is 14.4. The molecule has 0 spiro atoms. The number of hydrogen-bond donors (Lipinski definition) is 2. The average Bonchev–Trinajstić information content (AvgIpc) is 2.40. The third-order valence-corrected chi connectivity index (χ3v) is 3.33. The predicted octanol–water partition coefficient (Wildman–Crippen LogP) is 2.82. The molecule has 0 aromatic carbocycles. The minimum Gasteiger partial charge on any atom is -0.368 e. The standard InChI is InChI=1S/C14H22FN3O/c1-5-9(3)10(4)18-14(19)11-7-8-17-13(12(11)15)16-6-2/h7-10H,5-6H2,1-4H3,(H,16,17)(H,18,19). The summed E-state index contributed by atoms with van der Waals surface area (Å²) < 4.78 is 14.1. The Bertz CT molecular complexity index is 437. The second kappa shape index (κ2) is 7.07. The van der Waals surface area contributed by atoms with Gasteiger partial charge in [0, 0.05) is 18.8 Å².